The summed E-state index contributed by atoms with van der Waals surface area (Å²) in [5.74, 6) is 0.930. The number of nitrogens with one attached hydrogen (secondary N) is 1. The second-order valence-electron chi connectivity index (χ2n) is 5.27. The topological polar surface area (TPSA) is 37.4 Å². The molecule has 18 heavy (non-hydrogen) atoms. The Morgan fingerprint density at radius 3 is 3.11 bits per heavy atom. The Morgan fingerprint density at radius 1 is 1.56 bits per heavy atom. The van der Waals surface area contributed by atoms with Crippen LogP contribution < -0.4 is 5.32 Å². The third kappa shape index (κ3) is 3.21. The zero-order valence-electron chi connectivity index (χ0n) is 11.6. The Balaban J connectivity index is 2.00. The fourth-order valence-corrected chi connectivity index (χ4v) is 2.58. The SMILES string of the molecule is CNc1cc(CN2CCCC(C)(OC)C2)ccn1. The summed E-state index contributed by atoms with van der Waals surface area (Å²) in [6.45, 7) is 5.32. The first-order valence-electron chi connectivity index (χ1n) is 6.55. The Morgan fingerprint density at radius 2 is 2.39 bits per heavy atom. The lowest BCUT2D eigenvalue weighted by Crippen LogP contribution is -2.46. The maximum atomic E-state index is 5.63. The molecule has 0 aliphatic carbocycles. The summed E-state index contributed by atoms with van der Waals surface area (Å²) in [6.07, 6.45) is 4.22. The van der Waals surface area contributed by atoms with E-state index in [0.717, 1.165) is 31.9 Å². The lowest BCUT2D eigenvalue weighted by molar-refractivity contribution is -0.0527. The molecule has 1 atom stereocenters. The molecule has 0 spiro atoms. The Bertz CT molecular complexity index is 396. The third-order valence-electron chi connectivity index (χ3n) is 3.72. The van der Waals surface area contributed by atoms with E-state index >= 15 is 0 Å². The van der Waals surface area contributed by atoms with Gasteiger partial charge in [0.05, 0.1) is 5.60 Å². The highest BCUT2D eigenvalue weighted by Crippen LogP contribution is 2.25. The maximum absolute atomic E-state index is 5.63. The van der Waals surface area contributed by atoms with Crippen LogP contribution in [0.1, 0.15) is 25.3 Å². The van der Waals surface area contributed by atoms with Crippen molar-refractivity contribution in [2.75, 3.05) is 32.6 Å². The molecule has 0 radical (unpaired) electrons. The number of anilines is 1. The summed E-state index contributed by atoms with van der Waals surface area (Å²) >= 11 is 0. The van der Waals surface area contributed by atoms with Crippen molar-refractivity contribution >= 4 is 5.82 Å². The number of methoxy groups -OCH3 is 1. The summed E-state index contributed by atoms with van der Waals surface area (Å²) in [5.41, 5.74) is 1.31. The van der Waals surface area contributed by atoms with Crippen molar-refractivity contribution < 1.29 is 4.74 Å². The summed E-state index contributed by atoms with van der Waals surface area (Å²) in [5, 5.41) is 3.08. The molecule has 1 aliphatic rings. The number of rotatable bonds is 4. The van der Waals surface area contributed by atoms with E-state index in [0.29, 0.717) is 0 Å². The minimum absolute atomic E-state index is 0.0110. The van der Waals surface area contributed by atoms with Gasteiger partial charge in [0.25, 0.3) is 0 Å². The van der Waals surface area contributed by atoms with Gasteiger partial charge in [-0.2, -0.15) is 0 Å². The molecule has 0 amide bonds. The molecule has 1 fully saturated rings. The molecule has 1 unspecified atom stereocenters. The molecule has 1 aromatic heterocycles. The van der Waals surface area contributed by atoms with E-state index in [-0.39, 0.29) is 5.60 Å². The van der Waals surface area contributed by atoms with Crippen molar-refractivity contribution in [2.45, 2.75) is 31.9 Å². The average molecular weight is 249 g/mol. The smallest absolute Gasteiger partial charge is 0.125 e. The predicted octanol–water partition coefficient (Wildman–Crippen LogP) is 2.12. The zero-order valence-corrected chi connectivity index (χ0v) is 11.6. The molecule has 1 N–H and O–H groups in total. The van der Waals surface area contributed by atoms with Crippen LogP contribution in [0.15, 0.2) is 18.3 Å². The van der Waals surface area contributed by atoms with E-state index in [1.165, 1.54) is 12.0 Å². The normalized spacial score (nSPS) is 25.1. The van der Waals surface area contributed by atoms with Crippen molar-refractivity contribution in [1.82, 2.24) is 9.88 Å². The van der Waals surface area contributed by atoms with Crippen LogP contribution in [0.25, 0.3) is 0 Å². The van der Waals surface area contributed by atoms with Gasteiger partial charge in [-0.15, -0.1) is 0 Å². The largest absolute Gasteiger partial charge is 0.377 e. The van der Waals surface area contributed by atoms with Gasteiger partial charge in [-0.1, -0.05) is 0 Å². The molecular weight excluding hydrogens is 226 g/mol. The molecule has 0 bridgehead atoms. The van der Waals surface area contributed by atoms with Gasteiger partial charge in [0, 0.05) is 33.4 Å². The molecule has 4 heteroatoms. The lowest BCUT2D eigenvalue weighted by Gasteiger charge is -2.39. The number of hydrogen-bond donors (Lipinski definition) is 1. The molecule has 4 nitrogen and oxygen atoms in total. The van der Waals surface area contributed by atoms with Crippen LogP contribution in [-0.4, -0.2) is 42.7 Å². The molecule has 100 valence electrons. The molecule has 0 saturated carbocycles. The fraction of sp³-hybridized carbons (Fsp3) is 0.643. The summed E-state index contributed by atoms with van der Waals surface area (Å²) in [7, 11) is 3.71. The van der Waals surface area contributed by atoms with Crippen LogP contribution in [0.5, 0.6) is 0 Å². The number of hydrogen-bond acceptors (Lipinski definition) is 4. The second kappa shape index (κ2) is 5.67. The molecule has 2 rings (SSSR count). The van der Waals surface area contributed by atoms with Gasteiger partial charge in [-0.3, -0.25) is 4.90 Å². The van der Waals surface area contributed by atoms with E-state index in [4.69, 9.17) is 4.74 Å². The lowest BCUT2D eigenvalue weighted by atomic mass is 9.94. The van der Waals surface area contributed by atoms with Crippen molar-refractivity contribution in [3.05, 3.63) is 23.9 Å². The maximum Gasteiger partial charge on any atom is 0.125 e. The molecule has 0 aromatic carbocycles. The number of ether oxygens (including phenoxy) is 1. The number of pyridine rings is 1. The fourth-order valence-electron chi connectivity index (χ4n) is 2.58. The number of piperidine rings is 1. The van der Waals surface area contributed by atoms with E-state index in [1.54, 1.807) is 0 Å². The van der Waals surface area contributed by atoms with Gasteiger partial charge in [-0.25, -0.2) is 4.98 Å². The summed E-state index contributed by atoms with van der Waals surface area (Å²) in [6, 6.07) is 4.19. The summed E-state index contributed by atoms with van der Waals surface area (Å²) < 4.78 is 5.63. The standard InChI is InChI=1S/C14H23N3O/c1-14(18-3)6-4-8-17(11-14)10-12-5-7-16-13(9-12)15-2/h5,7,9H,4,6,8,10-11H2,1-3H3,(H,15,16). The Hall–Kier alpha value is -1.13. The molecule has 1 aromatic rings. The zero-order chi connectivity index (χ0) is 13.0. The third-order valence-corrected chi connectivity index (χ3v) is 3.72. The van der Waals surface area contributed by atoms with Crippen molar-refractivity contribution in [3.63, 3.8) is 0 Å². The van der Waals surface area contributed by atoms with Crippen LogP contribution in [-0.2, 0) is 11.3 Å². The van der Waals surface area contributed by atoms with Crippen molar-refractivity contribution in [1.29, 1.82) is 0 Å². The Kier molecular flexibility index (Phi) is 4.19. The molecule has 1 saturated heterocycles. The van der Waals surface area contributed by atoms with Gasteiger partial charge >= 0.3 is 0 Å². The van der Waals surface area contributed by atoms with Crippen molar-refractivity contribution in [3.8, 4) is 0 Å². The van der Waals surface area contributed by atoms with E-state index in [9.17, 15) is 0 Å². The van der Waals surface area contributed by atoms with E-state index < -0.39 is 0 Å². The minimum atomic E-state index is 0.0110. The minimum Gasteiger partial charge on any atom is -0.377 e. The monoisotopic (exact) mass is 249 g/mol. The molecular formula is C14H23N3O. The van der Waals surface area contributed by atoms with E-state index in [2.05, 4.69) is 34.3 Å². The highest BCUT2D eigenvalue weighted by atomic mass is 16.5. The Labute approximate surface area is 109 Å². The molecule has 1 aliphatic heterocycles. The first-order chi connectivity index (χ1) is 8.65. The van der Waals surface area contributed by atoms with Crippen LogP contribution >= 0.6 is 0 Å². The number of nitrogens with zero attached hydrogens (tertiary/aromatic N) is 2. The summed E-state index contributed by atoms with van der Waals surface area (Å²) in [4.78, 5) is 6.70. The van der Waals surface area contributed by atoms with Gasteiger partial charge in [0.15, 0.2) is 0 Å². The highest BCUT2D eigenvalue weighted by molar-refractivity contribution is 5.36. The van der Waals surface area contributed by atoms with Gasteiger partial charge in [0.2, 0.25) is 0 Å². The van der Waals surface area contributed by atoms with Crippen LogP contribution in [0.3, 0.4) is 0 Å². The van der Waals surface area contributed by atoms with Gasteiger partial charge in [-0.05, 0) is 44.0 Å². The quantitative estimate of drug-likeness (QED) is 0.887. The number of aromatic nitrogens is 1. The average Bonchev–Trinajstić information content (AvgIpc) is 2.39. The van der Waals surface area contributed by atoms with Gasteiger partial charge < -0.3 is 10.1 Å². The highest BCUT2D eigenvalue weighted by Gasteiger charge is 2.30. The second-order valence-corrected chi connectivity index (χ2v) is 5.27. The van der Waals surface area contributed by atoms with Crippen molar-refractivity contribution in [2.24, 2.45) is 0 Å². The molecule has 2 heterocycles. The van der Waals surface area contributed by atoms with Crippen LogP contribution in [0.2, 0.25) is 0 Å². The number of likely N-dealkylation sites (tertiary alicyclic amines) is 1. The van der Waals surface area contributed by atoms with E-state index in [1.807, 2.05) is 20.4 Å². The van der Waals surface area contributed by atoms with Crippen LogP contribution in [0.4, 0.5) is 5.82 Å². The first kappa shape index (κ1) is 13.3. The first-order valence-corrected chi connectivity index (χ1v) is 6.55. The predicted molar refractivity (Wildman–Crippen MR) is 73.7 cm³/mol. The van der Waals surface area contributed by atoms with Crippen LogP contribution in [0, 0.1) is 0 Å². The van der Waals surface area contributed by atoms with Gasteiger partial charge in [0.1, 0.15) is 5.82 Å².